The number of nitrogens with zero attached hydrogens (tertiary/aromatic N) is 1. The van der Waals surface area contributed by atoms with Crippen molar-refractivity contribution in [1.82, 2.24) is 10.2 Å². The Morgan fingerprint density at radius 1 is 1.18 bits per heavy atom. The molecule has 0 bridgehead atoms. The summed E-state index contributed by atoms with van der Waals surface area (Å²) in [5.74, 6) is -2.80. The number of nitrogens with one attached hydrogen (secondary N) is 1. The second-order valence-electron chi connectivity index (χ2n) is 7.85. The summed E-state index contributed by atoms with van der Waals surface area (Å²) in [7, 11) is 0. The second-order valence-corrected chi connectivity index (χ2v) is 8.67. The summed E-state index contributed by atoms with van der Waals surface area (Å²) in [5.41, 5.74) is -0.121. The minimum absolute atomic E-state index is 0.00209. The number of piperidine rings is 1. The number of amides is 2. The number of hydrogen-bond acceptors (Lipinski definition) is 2. The van der Waals surface area contributed by atoms with Gasteiger partial charge in [0.25, 0.3) is 0 Å². The molecule has 1 saturated heterocycles. The average molecular weight is 441 g/mol. The molecule has 3 atom stereocenters. The van der Waals surface area contributed by atoms with E-state index in [1.807, 2.05) is 5.32 Å². The van der Waals surface area contributed by atoms with Gasteiger partial charge >= 0.3 is 18.2 Å². The largest absolute Gasteiger partial charge is 0.471 e. The Kier molecular flexibility index (Phi) is 6.45. The van der Waals surface area contributed by atoms with Crippen LogP contribution < -0.4 is 5.32 Å². The lowest BCUT2D eigenvalue weighted by Crippen LogP contribution is -2.61. The summed E-state index contributed by atoms with van der Waals surface area (Å²) in [6.45, 7) is 5.39. The fraction of sp³-hybridized carbons (Fsp3) is 0.556. The quantitative estimate of drug-likeness (QED) is 0.685. The molecule has 1 heterocycles. The lowest BCUT2D eigenvalue weighted by Gasteiger charge is -2.50. The Balaban J connectivity index is 2.56. The van der Waals surface area contributed by atoms with Gasteiger partial charge in [0.15, 0.2) is 0 Å². The maximum Gasteiger partial charge on any atom is 0.471 e. The SMILES string of the molecule is CC(C)(C)C1[C@H](c2ccc(Cl)c(Cl)c2)[C@H](NC(=O)C(F)(F)F)CCN1C(=O)O. The molecule has 2 amide bonds. The molecule has 0 aliphatic carbocycles. The molecule has 2 N–H and O–H groups in total. The van der Waals surface area contributed by atoms with Crippen molar-refractivity contribution >= 4 is 35.2 Å². The van der Waals surface area contributed by atoms with Crippen molar-refractivity contribution in [2.75, 3.05) is 6.54 Å². The topological polar surface area (TPSA) is 69.6 Å². The minimum atomic E-state index is -5.04. The first-order valence-electron chi connectivity index (χ1n) is 8.55. The van der Waals surface area contributed by atoms with Crippen molar-refractivity contribution in [3.63, 3.8) is 0 Å². The van der Waals surface area contributed by atoms with Crippen molar-refractivity contribution < 1.29 is 27.9 Å². The van der Waals surface area contributed by atoms with Gasteiger partial charge in [0, 0.05) is 24.5 Å². The maximum atomic E-state index is 12.8. The molecule has 1 aliphatic rings. The highest BCUT2D eigenvalue weighted by Crippen LogP contribution is 2.43. The third-order valence-corrected chi connectivity index (χ3v) is 5.56. The van der Waals surface area contributed by atoms with Gasteiger partial charge in [-0.1, -0.05) is 50.0 Å². The van der Waals surface area contributed by atoms with Gasteiger partial charge in [-0.2, -0.15) is 13.2 Å². The zero-order valence-corrected chi connectivity index (χ0v) is 17.0. The summed E-state index contributed by atoms with van der Waals surface area (Å²) in [6.07, 6.45) is -6.18. The molecule has 2 rings (SSSR count). The van der Waals surface area contributed by atoms with Crippen LogP contribution in [0.3, 0.4) is 0 Å². The molecule has 1 aliphatic heterocycles. The third kappa shape index (κ3) is 4.84. The number of rotatable bonds is 2. The molecule has 156 valence electrons. The summed E-state index contributed by atoms with van der Waals surface area (Å²) in [6, 6.07) is 2.98. The molecule has 0 aromatic heterocycles. The number of carbonyl (C=O) groups is 2. The number of carboxylic acid groups (broad SMARTS) is 1. The van der Waals surface area contributed by atoms with E-state index >= 15 is 0 Å². The fourth-order valence-corrected chi connectivity index (χ4v) is 4.08. The Morgan fingerprint density at radius 2 is 1.79 bits per heavy atom. The first-order valence-corrected chi connectivity index (χ1v) is 9.31. The summed E-state index contributed by atoms with van der Waals surface area (Å²) in [4.78, 5) is 24.6. The fourth-order valence-electron chi connectivity index (χ4n) is 3.78. The Bertz CT molecular complexity index is 765. The molecule has 0 saturated carbocycles. The Labute approximate surface area is 170 Å². The molecule has 5 nitrogen and oxygen atoms in total. The van der Waals surface area contributed by atoms with E-state index in [1.54, 1.807) is 26.8 Å². The van der Waals surface area contributed by atoms with Gasteiger partial charge in [0.1, 0.15) is 0 Å². The van der Waals surface area contributed by atoms with Crippen molar-refractivity contribution in [2.24, 2.45) is 5.41 Å². The molecule has 10 heteroatoms. The van der Waals surface area contributed by atoms with Crippen LogP contribution >= 0.6 is 23.2 Å². The summed E-state index contributed by atoms with van der Waals surface area (Å²) in [5, 5.41) is 12.1. The number of benzene rings is 1. The third-order valence-electron chi connectivity index (χ3n) is 4.83. The van der Waals surface area contributed by atoms with E-state index in [1.165, 1.54) is 17.0 Å². The second kappa shape index (κ2) is 7.99. The highest BCUT2D eigenvalue weighted by molar-refractivity contribution is 6.42. The molecule has 1 unspecified atom stereocenters. The number of likely N-dealkylation sites (tertiary alicyclic amines) is 1. The highest BCUT2D eigenvalue weighted by Gasteiger charge is 2.49. The van der Waals surface area contributed by atoms with Crippen LogP contribution in [-0.4, -0.2) is 46.8 Å². The first-order chi connectivity index (χ1) is 12.7. The van der Waals surface area contributed by atoms with Crippen LogP contribution in [0.4, 0.5) is 18.0 Å². The monoisotopic (exact) mass is 440 g/mol. The number of halogens is 5. The van der Waals surface area contributed by atoms with Crippen LogP contribution in [0.15, 0.2) is 18.2 Å². The van der Waals surface area contributed by atoms with Gasteiger partial charge in [-0.15, -0.1) is 0 Å². The lowest BCUT2D eigenvalue weighted by atomic mass is 9.69. The molecule has 0 spiro atoms. The van der Waals surface area contributed by atoms with Crippen LogP contribution in [0, 0.1) is 5.41 Å². The first kappa shape index (κ1) is 22.6. The van der Waals surface area contributed by atoms with Crippen molar-refractivity contribution in [1.29, 1.82) is 0 Å². The van der Waals surface area contributed by atoms with Gasteiger partial charge < -0.3 is 15.3 Å². The molecular formula is C18H21Cl2F3N2O3. The summed E-state index contributed by atoms with van der Waals surface area (Å²) < 4.78 is 38.5. The van der Waals surface area contributed by atoms with Crippen LogP contribution in [0.5, 0.6) is 0 Å². The predicted molar refractivity (Wildman–Crippen MR) is 99.8 cm³/mol. The van der Waals surface area contributed by atoms with Crippen molar-refractivity contribution in [3.8, 4) is 0 Å². The van der Waals surface area contributed by atoms with Gasteiger partial charge in [-0.3, -0.25) is 4.79 Å². The molecule has 1 aromatic rings. The zero-order chi connectivity index (χ0) is 21.4. The standard InChI is InChI=1S/C18H21Cl2F3N2O3/c1-17(2,3)14-13(9-4-5-10(19)11(20)8-9)12(6-7-25(14)16(27)28)24-15(26)18(21,22)23/h4-5,8,12-14H,6-7H2,1-3H3,(H,24,26)(H,27,28)/t12-,13-,14?/m1/s1. The van der Waals surface area contributed by atoms with E-state index in [9.17, 15) is 27.9 Å². The number of alkyl halides is 3. The number of hydrogen-bond donors (Lipinski definition) is 2. The van der Waals surface area contributed by atoms with E-state index in [4.69, 9.17) is 23.2 Å². The normalized spacial score (nSPS) is 23.4. The Hall–Kier alpha value is -1.67. The molecule has 28 heavy (non-hydrogen) atoms. The van der Waals surface area contributed by atoms with E-state index in [0.717, 1.165) is 0 Å². The molecular weight excluding hydrogens is 420 g/mol. The van der Waals surface area contributed by atoms with Gasteiger partial charge in [-0.25, -0.2) is 4.79 Å². The smallest absolute Gasteiger partial charge is 0.465 e. The zero-order valence-electron chi connectivity index (χ0n) is 15.5. The van der Waals surface area contributed by atoms with Crippen LogP contribution in [0.1, 0.15) is 38.7 Å². The van der Waals surface area contributed by atoms with Gasteiger partial charge in [0.05, 0.1) is 10.0 Å². The van der Waals surface area contributed by atoms with E-state index in [2.05, 4.69) is 0 Å². The van der Waals surface area contributed by atoms with Crippen molar-refractivity contribution in [2.45, 2.75) is 51.4 Å². The van der Waals surface area contributed by atoms with Crippen LogP contribution in [0.2, 0.25) is 10.0 Å². The van der Waals surface area contributed by atoms with E-state index in [-0.39, 0.29) is 23.0 Å². The average Bonchev–Trinajstić information content (AvgIpc) is 2.55. The number of carbonyl (C=O) groups excluding carboxylic acids is 1. The van der Waals surface area contributed by atoms with Crippen molar-refractivity contribution in [3.05, 3.63) is 33.8 Å². The van der Waals surface area contributed by atoms with Gasteiger partial charge in [-0.05, 0) is 29.5 Å². The van der Waals surface area contributed by atoms with E-state index < -0.39 is 41.6 Å². The predicted octanol–water partition coefficient (Wildman–Crippen LogP) is 4.92. The maximum absolute atomic E-state index is 12.8. The van der Waals surface area contributed by atoms with Crippen LogP contribution in [-0.2, 0) is 4.79 Å². The van der Waals surface area contributed by atoms with Crippen LogP contribution in [0.25, 0.3) is 0 Å². The minimum Gasteiger partial charge on any atom is -0.465 e. The van der Waals surface area contributed by atoms with E-state index in [0.29, 0.717) is 5.56 Å². The van der Waals surface area contributed by atoms with Gasteiger partial charge in [0.2, 0.25) is 0 Å². The molecule has 1 aromatic carbocycles. The highest BCUT2D eigenvalue weighted by atomic mass is 35.5. The Morgan fingerprint density at radius 3 is 2.25 bits per heavy atom. The molecule has 0 radical (unpaired) electrons. The lowest BCUT2D eigenvalue weighted by molar-refractivity contribution is -0.175. The molecule has 1 fully saturated rings. The summed E-state index contributed by atoms with van der Waals surface area (Å²) >= 11 is 12.0.